The van der Waals surface area contributed by atoms with Gasteiger partial charge < -0.3 is 14.1 Å². The fourth-order valence-corrected chi connectivity index (χ4v) is 2.62. The van der Waals surface area contributed by atoms with Crippen molar-refractivity contribution in [3.05, 3.63) is 33.3 Å². The maximum atomic E-state index is 11.5. The molecule has 7 heteroatoms. The summed E-state index contributed by atoms with van der Waals surface area (Å²) in [6, 6.07) is 4.15. The van der Waals surface area contributed by atoms with Crippen molar-refractivity contribution in [3.8, 4) is 0 Å². The van der Waals surface area contributed by atoms with Gasteiger partial charge in [-0.05, 0) is 19.1 Å². The van der Waals surface area contributed by atoms with Crippen LogP contribution in [0.15, 0.2) is 22.8 Å². The van der Waals surface area contributed by atoms with Crippen LogP contribution in [-0.2, 0) is 11.3 Å². The summed E-state index contributed by atoms with van der Waals surface area (Å²) in [6.07, 6.45) is 1.30. The lowest BCUT2D eigenvalue weighted by Gasteiger charge is -2.12. The molecule has 5 nitrogen and oxygen atoms in total. The van der Waals surface area contributed by atoms with Gasteiger partial charge in [0, 0.05) is 11.9 Å². The summed E-state index contributed by atoms with van der Waals surface area (Å²) >= 11 is 7.36. The number of hydrogen-bond donors (Lipinski definition) is 0. The van der Waals surface area contributed by atoms with E-state index in [2.05, 4.69) is 4.98 Å². The number of carbonyl (C=O) groups is 1. The monoisotopic (exact) mass is 300 g/mol. The first-order valence-corrected chi connectivity index (χ1v) is 6.87. The summed E-state index contributed by atoms with van der Waals surface area (Å²) in [5.41, 5.74) is 0.174. The van der Waals surface area contributed by atoms with Crippen LogP contribution in [0.5, 0.6) is 0 Å². The molecule has 0 amide bonds. The SMILES string of the molecule is CCOC(=O)c1coc(N(C)Cc2ccc(Cl)s2)n1. The Hall–Kier alpha value is -1.53. The van der Waals surface area contributed by atoms with E-state index in [-0.39, 0.29) is 5.69 Å². The van der Waals surface area contributed by atoms with Crippen LogP contribution in [0.3, 0.4) is 0 Å². The molecule has 0 aromatic carbocycles. The number of rotatable bonds is 5. The fourth-order valence-electron chi connectivity index (χ4n) is 1.48. The molecule has 0 aliphatic heterocycles. The highest BCUT2D eigenvalue weighted by molar-refractivity contribution is 7.16. The smallest absolute Gasteiger partial charge is 0.360 e. The second-order valence-corrected chi connectivity index (χ2v) is 5.60. The van der Waals surface area contributed by atoms with Crippen molar-refractivity contribution in [2.24, 2.45) is 0 Å². The minimum absolute atomic E-state index is 0.174. The summed E-state index contributed by atoms with van der Waals surface area (Å²) in [7, 11) is 1.83. The zero-order chi connectivity index (χ0) is 13.8. The van der Waals surface area contributed by atoms with Gasteiger partial charge in [0.25, 0.3) is 6.01 Å². The summed E-state index contributed by atoms with van der Waals surface area (Å²) < 4.78 is 10.8. The minimum atomic E-state index is -0.481. The van der Waals surface area contributed by atoms with Gasteiger partial charge in [0.2, 0.25) is 0 Å². The first-order chi connectivity index (χ1) is 9.10. The van der Waals surface area contributed by atoms with E-state index in [1.807, 2.05) is 19.2 Å². The van der Waals surface area contributed by atoms with Crippen LogP contribution >= 0.6 is 22.9 Å². The van der Waals surface area contributed by atoms with E-state index in [4.69, 9.17) is 20.8 Å². The molecule has 0 saturated heterocycles. The maximum absolute atomic E-state index is 11.5. The van der Waals surface area contributed by atoms with Crippen LogP contribution < -0.4 is 4.90 Å². The molecule has 0 N–H and O–H groups in total. The zero-order valence-electron chi connectivity index (χ0n) is 10.6. The van der Waals surface area contributed by atoms with Gasteiger partial charge in [-0.25, -0.2) is 4.79 Å². The lowest BCUT2D eigenvalue weighted by atomic mass is 10.4. The number of carbonyl (C=O) groups excluding carboxylic acids is 1. The Bertz CT molecular complexity index is 567. The third-order valence-corrected chi connectivity index (χ3v) is 3.54. The number of halogens is 1. The van der Waals surface area contributed by atoms with Crippen molar-refractivity contribution < 1.29 is 13.9 Å². The van der Waals surface area contributed by atoms with Crippen LogP contribution in [0.4, 0.5) is 6.01 Å². The Morgan fingerprint density at radius 3 is 3.00 bits per heavy atom. The van der Waals surface area contributed by atoms with E-state index >= 15 is 0 Å². The average molecular weight is 301 g/mol. The highest BCUT2D eigenvalue weighted by Gasteiger charge is 2.16. The van der Waals surface area contributed by atoms with Crippen molar-refractivity contribution in [1.82, 2.24) is 4.98 Å². The molecule has 0 atom stereocenters. The molecule has 0 aliphatic rings. The predicted octanol–water partition coefficient (Wildman–Crippen LogP) is 3.20. The first-order valence-electron chi connectivity index (χ1n) is 5.68. The lowest BCUT2D eigenvalue weighted by Crippen LogP contribution is -2.16. The maximum Gasteiger partial charge on any atom is 0.360 e. The van der Waals surface area contributed by atoms with E-state index < -0.39 is 5.97 Å². The Morgan fingerprint density at radius 1 is 1.58 bits per heavy atom. The van der Waals surface area contributed by atoms with Crippen LogP contribution in [0.2, 0.25) is 4.34 Å². The molecule has 0 saturated carbocycles. The van der Waals surface area contributed by atoms with Crippen LogP contribution in [0.1, 0.15) is 22.3 Å². The molecule has 0 aliphatic carbocycles. The number of thiophene rings is 1. The van der Waals surface area contributed by atoms with Gasteiger partial charge in [0.05, 0.1) is 17.5 Å². The van der Waals surface area contributed by atoms with Crippen LogP contribution in [0.25, 0.3) is 0 Å². The number of nitrogens with zero attached hydrogens (tertiary/aromatic N) is 2. The predicted molar refractivity (Wildman–Crippen MR) is 73.9 cm³/mol. The first kappa shape index (κ1) is 13.9. The third-order valence-electron chi connectivity index (χ3n) is 2.33. The van der Waals surface area contributed by atoms with Crippen molar-refractivity contribution in [1.29, 1.82) is 0 Å². The summed E-state index contributed by atoms with van der Waals surface area (Å²) in [5.74, 6) is -0.481. The van der Waals surface area contributed by atoms with Gasteiger partial charge in [-0.2, -0.15) is 4.98 Å². The summed E-state index contributed by atoms with van der Waals surface area (Å²) in [6.45, 7) is 2.66. The summed E-state index contributed by atoms with van der Waals surface area (Å²) in [4.78, 5) is 18.4. The Morgan fingerprint density at radius 2 is 2.37 bits per heavy atom. The standard InChI is InChI=1S/C12H13ClN2O3S/c1-3-17-11(16)9-7-18-12(14-9)15(2)6-8-4-5-10(13)19-8/h4-5,7H,3,6H2,1-2H3. The number of hydrogen-bond acceptors (Lipinski definition) is 6. The molecule has 0 bridgehead atoms. The second-order valence-electron chi connectivity index (χ2n) is 3.80. The van der Waals surface area contributed by atoms with Crippen LogP contribution in [-0.4, -0.2) is 24.6 Å². The molecule has 2 heterocycles. The second kappa shape index (κ2) is 6.08. The molecule has 0 fully saturated rings. The Labute approximate surface area is 119 Å². The molecule has 2 aromatic heterocycles. The largest absolute Gasteiger partial charge is 0.461 e. The highest BCUT2D eigenvalue weighted by Crippen LogP contribution is 2.24. The summed E-state index contributed by atoms with van der Waals surface area (Å²) in [5, 5.41) is 0. The van der Waals surface area contributed by atoms with Gasteiger partial charge in [0.15, 0.2) is 5.69 Å². The highest BCUT2D eigenvalue weighted by atomic mass is 35.5. The van der Waals surface area contributed by atoms with E-state index in [9.17, 15) is 4.79 Å². The number of ether oxygens (including phenoxy) is 1. The number of anilines is 1. The van der Waals surface area contributed by atoms with Gasteiger partial charge in [-0.1, -0.05) is 11.6 Å². The number of oxazole rings is 1. The van der Waals surface area contributed by atoms with Crippen molar-refractivity contribution in [2.75, 3.05) is 18.6 Å². The molecule has 0 unspecified atom stereocenters. The van der Waals surface area contributed by atoms with Gasteiger partial charge in [-0.15, -0.1) is 11.3 Å². The Kier molecular flexibility index (Phi) is 4.44. The quantitative estimate of drug-likeness (QED) is 0.794. The lowest BCUT2D eigenvalue weighted by molar-refractivity contribution is 0.0519. The van der Waals surface area contributed by atoms with E-state index in [0.717, 1.165) is 9.21 Å². The minimum Gasteiger partial charge on any atom is -0.461 e. The van der Waals surface area contributed by atoms with Crippen LogP contribution in [0, 0.1) is 0 Å². The van der Waals surface area contributed by atoms with Crippen molar-refractivity contribution >= 4 is 34.9 Å². The average Bonchev–Trinajstić information content (AvgIpc) is 2.98. The fraction of sp³-hybridized carbons (Fsp3) is 0.333. The Balaban J connectivity index is 2.03. The molecule has 19 heavy (non-hydrogen) atoms. The molecular formula is C12H13ClN2O3S. The molecule has 102 valence electrons. The molecule has 0 radical (unpaired) electrons. The van der Waals surface area contributed by atoms with E-state index in [1.54, 1.807) is 11.8 Å². The van der Waals surface area contributed by atoms with Crippen molar-refractivity contribution in [2.45, 2.75) is 13.5 Å². The van der Waals surface area contributed by atoms with Gasteiger partial charge in [-0.3, -0.25) is 0 Å². The molecule has 2 rings (SSSR count). The zero-order valence-corrected chi connectivity index (χ0v) is 12.1. The topological polar surface area (TPSA) is 55.6 Å². The number of esters is 1. The van der Waals surface area contributed by atoms with Gasteiger partial charge >= 0.3 is 5.97 Å². The van der Waals surface area contributed by atoms with E-state index in [0.29, 0.717) is 19.2 Å². The molecule has 2 aromatic rings. The number of aromatic nitrogens is 1. The van der Waals surface area contributed by atoms with Gasteiger partial charge in [0.1, 0.15) is 6.26 Å². The third kappa shape index (κ3) is 3.48. The van der Waals surface area contributed by atoms with E-state index in [1.165, 1.54) is 17.6 Å². The van der Waals surface area contributed by atoms with Crippen molar-refractivity contribution in [3.63, 3.8) is 0 Å². The molecule has 0 spiro atoms. The molecular weight excluding hydrogens is 288 g/mol. The normalized spacial score (nSPS) is 10.5.